The summed E-state index contributed by atoms with van der Waals surface area (Å²) in [6.07, 6.45) is 2.33. The first kappa shape index (κ1) is 14.3. The van der Waals surface area contributed by atoms with Crippen LogP contribution in [0, 0.1) is 0 Å². The highest BCUT2D eigenvalue weighted by Gasteiger charge is 2.16. The molecule has 1 rings (SSSR count). The summed E-state index contributed by atoms with van der Waals surface area (Å²) in [7, 11) is 1.38. The van der Waals surface area contributed by atoms with E-state index in [1.807, 2.05) is 17.1 Å². The second kappa shape index (κ2) is 6.26. The maximum atomic E-state index is 11.1. The second-order valence-electron chi connectivity index (χ2n) is 4.21. The summed E-state index contributed by atoms with van der Waals surface area (Å²) < 4.78 is 4.77. The average molecular weight is 274 g/mol. The first-order chi connectivity index (χ1) is 7.96. The molecule has 17 heavy (non-hydrogen) atoms. The Balaban J connectivity index is 2.49. The monoisotopic (exact) mass is 274 g/mol. The number of aromatic nitrogens is 1. The van der Waals surface area contributed by atoms with Crippen LogP contribution in [0.1, 0.15) is 19.5 Å². The minimum absolute atomic E-state index is 0.175. The lowest BCUT2D eigenvalue weighted by Gasteiger charge is -2.21. The van der Waals surface area contributed by atoms with E-state index in [0.29, 0.717) is 0 Å². The number of methoxy groups -OCH3 is 1. The molecule has 0 aliphatic heterocycles. The molecular formula is C11H18N2O2S2. The molecule has 1 N–H and O–H groups in total. The Hall–Kier alpha value is -0.750. The number of ether oxygens (including phenoxy) is 1. The van der Waals surface area contributed by atoms with Crippen molar-refractivity contribution in [3.05, 3.63) is 11.1 Å². The third-order valence-corrected chi connectivity index (χ3v) is 4.42. The molecule has 0 aliphatic rings. The minimum Gasteiger partial charge on any atom is -0.469 e. The number of hydrogen-bond donors (Lipinski definition) is 1. The number of hydrogen-bond acceptors (Lipinski definition) is 6. The van der Waals surface area contributed by atoms with E-state index >= 15 is 0 Å². The van der Waals surface area contributed by atoms with E-state index in [1.54, 1.807) is 0 Å². The van der Waals surface area contributed by atoms with Gasteiger partial charge in [0.15, 0.2) is 5.13 Å². The van der Waals surface area contributed by atoms with E-state index in [0.717, 1.165) is 17.4 Å². The summed E-state index contributed by atoms with van der Waals surface area (Å²) in [6.45, 7) is 5.20. The molecule has 0 aromatic carbocycles. The zero-order chi connectivity index (χ0) is 12.9. The number of rotatable bonds is 6. The number of nitrogens with zero attached hydrogens (tertiary/aromatic N) is 1. The third-order valence-electron chi connectivity index (χ3n) is 2.32. The van der Waals surface area contributed by atoms with Crippen molar-refractivity contribution in [1.82, 2.24) is 4.98 Å². The number of anilines is 1. The van der Waals surface area contributed by atoms with Crippen LogP contribution in [0.2, 0.25) is 0 Å². The maximum Gasteiger partial charge on any atom is 0.311 e. The number of nitrogens with one attached hydrogen (secondary N) is 1. The topological polar surface area (TPSA) is 51.2 Å². The molecule has 0 amide bonds. The molecule has 0 saturated heterocycles. The van der Waals surface area contributed by atoms with Gasteiger partial charge < -0.3 is 10.1 Å². The van der Waals surface area contributed by atoms with Crippen LogP contribution >= 0.6 is 23.1 Å². The number of esters is 1. The molecule has 0 unspecified atom stereocenters. The lowest BCUT2D eigenvalue weighted by molar-refractivity contribution is -0.139. The normalized spacial score (nSPS) is 11.3. The molecule has 0 saturated carbocycles. The number of carbonyl (C=O) groups is 1. The van der Waals surface area contributed by atoms with Gasteiger partial charge >= 0.3 is 5.97 Å². The van der Waals surface area contributed by atoms with E-state index in [1.165, 1.54) is 18.4 Å². The average Bonchev–Trinajstić information content (AvgIpc) is 2.74. The van der Waals surface area contributed by atoms with Crippen LogP contribution in [0.3, 0.4) is 0 Å². The van der Waals surface area contributed by atoms with Crippen LogP contribution in [0.15, 0.2) is 5.38 Å². The van der Waals surface area contributed by atoms with Gasteiger partial charge in [0.1, 0.15) is 0 Å². The molecule has 6 heteroatoms. The van der Waals surface area contributed by atoms with Crippen molar-refractivity contribution in [3.63, 3.8) is 0 Å². The van der Waals surface area contributed by atoms with Gasteiger partial charge in [0.25, 0.3) is 0 Å². The number of carbonyl (C=O) groups excluding carboxylic acids is 1. The van der Waals surface area contributed by atoms with E-state index in [-0.39, 0.29) is 17.1 Å². The molecule has 0 bridgehead atoms. The highest BCUT2D eigenvalue weighted by atomic mass is 32.2. The fourth-order valence-electron chi connectivity index (χ4n) is 1.05. The minimum atomic E-state index is -0.258. The van der Waals surface area contributed by atoms with Gasteiger partial charge in [-0.1, -0.05) is 0 Å². The van der Waals surface area contributed by atoms with Crippen LogP contribution < -0.4 is 5.32 Å². The zero-order valence-corrected chi connectivity index (χ0v) is 12.2. The summed E-state index contributed by atoms with van der Waals surface area (Å²) in [5.74, 6) is -0.258. The molecule has 1 aromatic rings. The van der Waals surface area contributed by atoms with Crippen molar-refractivity contribution in [2.75, 3.05) is 25.2 Å². The van der Waals surface area contributed by atoms with Crippen LogP contribution in [0.4, 0.5) is 5.13 Å². The van der Waals surface area contributed by atoms with Gasteiger partial charge in [-0.25, -0.2) is 4.98 Å². The summed E-state index contributed by atoms with van der Waals surface area (Å²) >= 11 is 3.32. The van der Waals surface area contributed by atoms with Crippen LogP contribution in [0.5, 0.6) is 0 Å². The predicted octanol–water partition coefficient (Wildman–Crippen LogP) is 2.41. The molecule has 4 nitrogen and oxygen atoms in total. The largest absolute Gasteiger partial charge is 0.469 e. The smallest absolute Gasteiger partial charge is 0.311 e. The van der Waals surface area contributed by atoms with E-state index < -0.39 is 0 Å². The van der Waals surface area contributed by atoms with Crippen molar-refractivity contribution in [3.8, 4) is 0 Å². The molecule has 96 valence electrons. The lowest BCUT2D eigenvalue weighted by Crippen LogP contribution is -2.25. The summed E-state index contributed by atoms with van der Waals surface area (Å²) in [6, 6.07) is 0. The molecule has 1 heterocycles. The fourth-order valence-corrected chi connectivity index (χ4v) is 1.98. The van der Waals surface area contributed by atoms with Crippen molar-refractivity contribution in [1.29, 1.82) is 0 Å². The molecule has 0 fully saturated rings. The molecule has 1 aromatic heterocycles. The first-order valence-electron chi connectivity index (χ1n) is 5.27. The van der Waals surface area contributed by atoms with Gasteiger partial charge in [-0.3, -0.25) is 4.79 Å². The van der Waals surface area contributed by atoms with Gasteiger partial charge in [0.05, 0.1) is 19.2 Å². The van der Waals surface area contributed by atoms with Crippen LogP contribution in [-0.2, 0) is 16.0 Å². The second-order valence-corrected chi connectivity index (χ2v) is 6.59. The van der Waals surface area contributed by atoms with Gasteiger partial charge in [-0.15, -0.1) is 11.3 Å². The third kappa shape index (κ3) is 4.95. The van der Waals surface area contributed by atoms with Gasteiger partial charge in [-0.2, -0.15) is 11.8 Å². The van der Waals surface area contributed by atoms with Crippen LogP contribution in [0.25, 0.3) is 0 Å². The Morgan fingerprint density at radius 3 is 2.94 bits per heavy atom. The Bertz CT molecular complexity index is 377. The molecule has 0 radical (unpaired) electrons. The Labute approximate surface area is 110 Å². The quantitative estimate of drug-likeness (QED) is 0.807. The number of thiazole rings is 1. The van der Waals surface area contributed by atoms with Crippen molar-refractivity contribution >= 4 is 34.2 Å². The molecular weight excluding hydrogens is 256 g/mol. The highest BCUT2D eigenvalue weighted by Crippen LogP contribution is 2.23. The van der Waals surface area contributed by atoms with Crippen LogP contribution in [-0.4, -0.2) is 35.6 Å². The summed E-state index contributed by atoms with van der Waals surface area (Å²) in [4.78, 5) is 15.4. The Morgan fingerprint density at radius 2 is 2.35 bits per heavy atom. The van der Waals surface area contributed by atoms with Crippen molar-refractivity contribution < 1.29 is 9.53 Å². The summed E-state index contributed by atoms with van der Waals surface area (Å²) in [5, 5.41) is 6.02. The standard InChI is InChI=1S/C11H18N2O2S2/c1-11(2,16-4)7-12-10-13-8(6-17-10)5-9(14)15-3/h6H,5,7H2,1-4H3,(H,12,13). The SMILES string of the molecule is COC(=O)Cc1csc(NCC(C)(C)SC)n1. The van der Waals surface area contributed by atoms with Gasteiger partial charge in [-0.05, 0) is 20.1 Å². The van der Waals surface area contributed by atoms with E-state index in [4.69, 9.17) is 0 Å². The van der Waals surface area contributed by atoms with Crippen molar-refractivity contribution in [2.24, 2.45) is 0 Å². The Kier molecular flexibility index (Phi) is 5.27. The van der Waals surface area contributed by atoms with E-state index in [2.05, 4.69) is 35.1 Å². The molecule has 0 atom stereocenters. The first-order valence-corrected chi connectivity index (χ1v) is 7.37. The van der Waals surface area contributed by atoms with E-state index in [9.17, 15) is 4.79 Å². The predicted molar refractivity (Wildman–Crippen MR) is 73.9 cm³/mol. The van der Waals surface area contributed by atoms with Gasteiger partial charge in [0, 0.05) is 16.7 Å². The van der Waals surface area contributed by atoms with Crippen molar-refractivity contribution in [2.45, 2.75) is 25.0 Å². The molecule has 0 spiro atoms. The lowest BCUT2D eigenvalue weighted by atomic mass is 10.2. The zero-order valence-electron chi connectivity index (χ0n) is 10.6. The molecule has 0 aliphatic carbocycles. The summed E-state index contributed by atoms with van der Waals surface area (Å²) in [5.41, 5.74) is 0.756. The van der Waals surface area contributed by atoms with Gasteiger partial charge in [0.2, 0.25) is 0 Å². The number of thioether (sulfide) groups is 1. The maximum absolute atomic E-state index is 11.1. The Morgan fingerprint density at radius 1 is 1.65 bits per heavy atom. The fraction of sp³-hybridized carbons (Fsp3) is 0.636. The highest BCUT2D eigenvalue weighted by molar-refractivity contribution is 7.99.